The van der Waals surface area contributed by atoms with Gasteiger partial charge in [-0.2, -0.15) is 0 Å². The molecule has 1 saturated carbocycles. The zero-order valence-corrected chi connectivity index (χ0v) is 11.6. The lowest BCUT2D eigenvalue weighted by Gasteiger charge is -2.41. The van der Waals surface area contributed by atoms with Gasteiger partial charge in [0.05, 0.1) is 12.5 Å². The molecular formula is C10H16Cl3NO2. The molecule has 2 aliphatic rings. The number of carbonyl (C=O) groups is 1. The summed E-state index contributed by atoms with van der Waals surface area (Å²) in [4.78, 5) is 11.9. The van der Waals surface area contributed by atoms with E-state index in [1.807, 2.05) is 6.92 Å². The molecule has 1 N–H and O–H groups in total. The van der Waals surface area contributed by atoms with Crippen molar-refractivity contribution in [1.82, 2.24) is 5.32 Å². The summed E-state index contributed by atoms with van der Waals surface area (Å²) in [6, 6.07) is 0. The molecule has 0 unspecified atom stereocenters. The van der Waals surface area contributed by atoms with Crippen LogP contribution in [0.15, 0.2) is 0 Å². The standard InChI is InChI=1S/C10H15Cl2NO2.ClH/c1-8(7(14)15-2)6-13-4-3-9(8)5-10(9,11)12;/h13H,3-6H2,1-2H3;1H/t8-,9-;/m0./s1. The number of rotatable bonds is 1. The van der Waals surface area contributed by atoms with Gasteiger partial charge in [-0.25, -0.2) is 0 Å². The predicted octanol–water partition coefficient (Wildman–Crippen LogP) is 2.14. The van der Waals surface area contributed by atoms with Crippen molar-refractivity contribution in [3.05, 3.63) is 0 Å². The van der Waals surface area contributed by atoms with Crippen molar-refractivity contribution in [3.8, 4) is 0 Å². The molecule has 16 heavy (non-hydrogen) atoms. The molecule has 3 nitrogen and oxygen atoms in total. The number of esters is 1. The van der Waals surface area contributed by atoms with Gasteiger partial charge in [-0.15, -0.1) is 35.6 Å². The lowest BCUT2D eigenvalue weighted by Crippen LogP contribution is -2.53. The Morgan fingerprint density at radius 2 is 2.00 bits per heavy atom. The molecule has 0 radical (unpaired) electrons. The van der Waals surface area contributed by atoms with Gasteiger partial charge in [-0.3, -0.25) is 4.79 Å². The molecule has 0 aromatic heterocycles. The van der Waals surface area contributed by atoms with E-state index in [9.17, 15) is 4.79 Å². The van der Waals surface area contributed by atoms with Gasteiger partial charge in [0.15, 0.2) is 0 Å². The van der Waals surface area contributed by atoms with Crippen molar-refractivity contribution in [1.29, 1.82) is 0 Å². The molecule has 6 heteroatoms. The fourth-order valence-corrected chi connectivity index (χ4v) is 3.85. The zero-order valence-electron chi connectivity index (χ0n) is 9.31. The van der Waals surface area contributed by atoms with E-state index < -0.39 is 9.75 Å². The maximum atomic E-state index is 11.9. The number of hydrogen-bond donors (Lipinski definition) is 1. The first-order valence-corrected chi connectivity index (χ1v) is 5.82. The van der Waals surface area contributed by atoms with Gasteiger partial charge < -0.3 is 10.1 Å². The molecule has 0 amide bonds. The molecule has 2 atom stereocenters. The van der Waals surface area contributed by atoms with Crippen LogP contribution in [0.3, 0.4) is 0 Å². The van der Waals surface area contributed by atoms with Crippen molar-refractivity contribution in [3.63, 3.8) is 0 Å². The first-order valence-electron chi connectivity index (χ1n) is 5.07. The van der Waals surface area contributed by atoms with Crippen LogP contribution in [0, 0.1) is 10.8 Å². The Morgan fingerprint density at radius 1 is 1.44 bits per heavy atom. The van der Waals surface area contributed by atoms with Crippen LogP contribution in [-0.4, -0.2) is 30.5 Å². The number of ether oxygens (including phenoxy) is 1. The van der Waals surface area contributed by atoms with E-state index in [0.717, 1.165) is 13.0 Å². The zero-order chi connectivity index (χ0) is 11.3. The minimum Gasteiger partial charge on any atom is -0.469 e. The Labute approximate surface area is 112 Å². The highest BCUT2D eigenvalue weighted by Gasteiger charge is 2.76. The Balaban J connectivity index is 0.00000128. The second-order valence-corrected chi connectivity index (χ2v) is 6.20. The Morgan fingerprint density at radius 3 is 2.44 bits per heavy atom. The molecule has 0 aromatic rings. The number of hydrogen-bond acceptors (Lipinski definition) is 3. The topological polar surface area (TPSA) is 38.3 Å². The largest absolute Gasteiger partial charge is 0.469 e. The van der Waals surface area contributed by atoms with Crippen molar-refractivity contribution in [2.24, 2.45) is 10.8 Å². The number of halogens is 3. The van der Waals surface area contributed by atoms with Crippen LogP contribution in [0.2, 0.25) is 0 Å². The highest BCUT2D eigenvalue weighted by molar-refractivity contribution is 6.51. The van der Waals surface area contributed by atoms with E-state index in [0.29, 0.717) is 13.0 Å². The van der Waals surface area contributed by atoms with Crippen LogP contribution in [0.25, 0.3) is 0 Å². The van der Waals surface area contributed by atoms with Crippen LogP contribution < -0.4 is 5.32 Å². The molecule has 0 bridgehead atoms. The third-order valence-corrected chi connectivity index (χ3v) is 4.99. The minimum atomic E-state index is -0.766. The molecular weight excluding hydrogens is 272 g/mol. The summed E-state index contributed by atoms with van der Waals surface area (Å²) in [6.07, 6.45) is 1.50. The van der Waals surface area contributed by atoms with Crippen molar-refractivity contribution < 1.29 is 9.53 Å². The minimum absolute atomic E-state index is 0. The summed E-state index contributed by atoms with van der Waals surface area (Å²) in [5.41, 5.74) is -0.912. The van der Waals surface area contributed by atoms with Crippen LogP contribution in [0.1, 0.15) is 19.8 Å². The summed E-state index contributed by atoms with van der Waals surface area (Å²) < 4.78 is 4.10. The lowest BCUT2D eigenvalue weighted by atomic mass is 9.70. The third kappa shape index (κ3) is 1.64. The maximum Gasteiger partial charge on any atom is 0.313 e. The van der Waals surface area contributed by atoms with E-state index in [1.54, 1.807) is 0 Å². The van der Waals surface area contributed by atoms with Crippen molar-refractivity contribution in [2.75, 3.05) is 20.2 Å². The van der Waals surface area contributed by atoms with Gasteiger partial charge >= 0.3 is 5.97 Å². The number of alkyl halides is 2. The fraction of sp³-hybridized carbons (Fsp3) is 0.900. The average molecular weight is 289 g/mol. The second-order valence-electron chi connectivity index (χ2n) is 4.71. The summed E-state index contributed by atoms with van der Waals surface area (Å²) in [6.45, 7) is 3.33. The van der Waals surface area contributed by atoms with Gasteiger partial charge in [0.25, 0.3) is 0 Å². The molecule has 1 aliphatic carbocycles. The van der Waals surface area contributed by atoms with Gasteiger partial charge in [0, 0.05) is 12.0 Å². The smallest absolute Gasteiger partial charge is 0.313 e. The average Bonchev–Trinajstić information content (AvgIpc) is 2.74. The van der Waals surface area contributed by atoms with E-state index in [4.69, 9.17) is 27.9 Å². The van der Waals surface area contributed by atoms with Crippen LogP contribution in [0.4, 0.5) is 0 Å². The van der Waals surface area contributed by atoms with Crippen LogP contribution in [0.5, 0.6) is 0 Å². The summed E-state index contributed by atoms with van der Waals surface area (Å²) >= 11 is 12.4. The van der Waals surface area contributed by atoms with Crippen molar-refractivity contribution in [2.45, 2.75) is 24.1 Å². The number of carbonyl (C=O) groups excluding carboxylic acids is 1. The second kappa shape index (κ2) is 4.20. The highest BCUT2D eigenvalue weighted by atomic mass is 35.5. The maximum absolute atomic E-state index is 11.9. The quantitative estimate of drug-likeness (QED) is 0.593. The molecule has 1 aliphatic heterocycles. The first-order chi connectivity index (χ1) is 6.90. The van der Waals surface area contributed by atoms with Crippen molar-refractivity contribution >= 4 is 41.6 Å². The van der Waals surface area contributed by atoms with Gasteiger partial charge in [-0.1, -0.05) is 0 Å². The number of piperidine rings is 1. The monoisotopic (exact) mass is 287 g/mol. The molecule has 1 spiro atoms. The third-order valence-electron chi connectivity index (χ3n) is 4.00. The van der Waals surface area contributed by atoms with E-state index in [-0.39, 0.29) is 23.8 Å². The highest BCUT2D eigenvalue weighted by Crippen LogP contribution is 2.74. The normalized spacial score (nSPS) is 40.0. The molecule has 94 valence electrons. The van der Waals surface area contributed by atoms with Gasteiger partial charge in [0.1, 0.15) is 4.33 Å². The molecule has 1 saturated heterocycles. The van der Waals surface area contributed by atoms with E-state index >= 15 is 0 Å². The lowest BCUT2D eigenvalue weighted by molar-refractivity contribution is -0.157. The number of methoxy groups -OCH3 is 1. The summed E-state index contributed by atoms with van der Waals surface area (Å²) in [7, 11) is 1.41. The van der Waals surface area contributed by atoms with E-state index in [1.165, 1.54) is 7.11 Å². The van der Waals surface area contributed by atoms with Crippen LogP contribution >= 0.6 is 35.6 Å². The Hall–Kier alpha value is 0.300. The molecule has 2 rings (SSSR count). The number of nitrogens with one attached hydrogen (secondary N) is 1. The molecule has 2 fully saturated rings. The van der Waals surface area contributed by atoms with E-state index in [2.05, 4.69) is 5.32 Å². The molecule has 1 heterocycles. The first kappa shape index (κ1) is 14.4. The Kier molecular flexibility index (Phi) is 3.77. The molecule has 0 aromatic carbocycles. The van der Waals surface area contributed by atoms with Gasteiger partial charge in [0.2, 0.25) is 0 Å². The van der Waals surface area contributed by atoms with Gasteiger partial charge in [-0.05, 0) is 26.3 Å². The van der Waals surface area contributed by atoms with Crippen LogP contribution in [-0.2, 0) is 9.53 Å². The summed E-state index contributed by atoms with van der Waals surface area (Å²) in [5.74, 6) is -0.224. The SMILES string of the molecule is COC(=O)[C@]1(C)CNCC[C@]12CC2(Cl)Cl.Cl. The Bertz CT molecular complexity index is 310. The summed E-state index contributed by atoms with van der Waals surface area (Å²) in [5, 5.41) is 3.21. The fourth-order valence-electron chi connectivity index (χ4n) is 2.78. The predicted molar refractivity (Wildman–Crippen MR) is 66.3 cm³/mol.